The number of nitrogens with one attached hydrogen (secondary N) is 1. The number of halogens is 1. The summed E-state index contributed by atoms with van der Waals surface area (Å²) in [5.74, 6) is 0.119. The van der Waals surface area contributed by atoms with E-state index in [1.165, 1.54) is 0 Å². The third-order valence-corrected chi connectivity index (χ3v) is 4.99. The van der Waals surface area contributed by atoms with E-state index in [2.05, 4.69) is 36.1 Å². The van der Waals surface area contributed by atoms with Crippen LogP contribution in [0.1, 0.15) is 43.4 Å². The molecule has 1 aromatic heterocycles. The highest BCUT2D eigenvalue weighted by Gasteiger charge is 2.33. The van der Waals surface area contributed by atoms with Crippen LogP contribution in [0.3, 0.4) is 0 Å². The van der Waals surface area contributed by atoms with Crippen molar-refractivity contribution in [2.24, 2.45) is 7.05 Å². The van der Waals surface area contributed by atoms with Crippen molar-refractivity contribution in [1.29, 1.82) is 0 Å². The minimum atomic E-state index is -0.0371. The summed E-state index contributed by atoms with van der Waals surface area (Å²) in [4.78, 5) is 17.4. The van der Waals surface area contributed by atoms with Crippen LogP contribution in [0, 0.1) is 0 Å². The van der Waals surface area contributed by atoms with Gasteiger partial charge < -0.3 is 10.2 Å². The van der Waals surface area contributed by atoms with Crippen molar-refractivity contribution in [3.63, 3.8) is 0 Å². The zero-order valence-corrected chi connectivity index (χ0v) is 16.0. The van der Waals surface area contributed by atoms with Crippen LogP contribution in [0.2, 0.25) is 0 Å². The zero-order chi connectivity index (χ0) is 16.6. The topological polar surface area (TPSA) is 53.4 Å². The summed E-state index contributed by atoms with van der Waals surface area (Å²) >= 11 is 0. The summed E-state index contributed by atoms with van der Waals surface area (Å²) in [5.41, 5.74) is 1.64. The molecule has 1 N–H and O–H groups in total. The Bertz CT molecular complexity index is 574. The lowest BCUT2D eigenvalue weighted by Crippen LogP contribution is -2.49. The Morgan fingerprint density at radius 2 is 1.92 bits per heavy atom. The van der Waals surface area contributed by atoms with Crippen molar-refractivity contribution >= 4 is 18.3 Å². The minimum absolute atomic E-state index is 0. The van der Waals surface area contributed by atoms with Gasteiger partial charge in [0.2, 0.25) is 0 Å². The summed E-state index contributed by atoms with van der Waals surface area (Å²) in [5, 5.41) is 7.92. The summed E-state index contributed by atoms with van der Waals surface area (Å²) in [7, 11) is 1.87. The molecule has 2 saturated heterocycles. The van der Waals surface area contributed by atoms with E-state index in [1.807, 2.05) is 18.0 Å². The number of piperazine rings is 1. The maximum absolute atomic E-state index is 12.9. The molecule has 2 aliphatic heterocycles. The molecule has 1 amide bonds. The van der Waals surface area contributed by atoms with E-state index in [0.29, 0.717) is 11.7 Å². The smallest absolute Gasteiger partial charge is 0.272 e. The van der Waals surface area contributed by atoms with Crippen LogP contribution in [0.4, 0.5) is 0 Å². The van der Waals surface area contributed by atoms with Crippen molar-refractivity contribution in [3.8, 4) is 0 Å². The molecule has 0 saturated carbocycles. The summed E-state index contributed by atoms with van der Waals surface area (Å²) < 4.78 is 1.74. The van der Waals surface area contributed by atoms with Gasteiger partial charge in [-0.15, -0.1) is 12.4 Å². The second-order valence-corrected chi connectivity index (χ2v) is 7.77. The predicted molar refractivity (Wildman–Crippen MR) is 97.9 cm³/mol. The molecular weight excluding hydrogens is 326 g/mol. The second-order valence-electron chi connectivity index (χ2n) is 7.77. The van der Waals surface area contributed by atoms with Gasteiger partial charge in [-0.3, -0.25) is 14.4 Å². The van der Waals surface area contributed by atoms with Crippen LogP contribution in [0.5, 0.6) is 0 Å². The molecule has 0 radical (unpaired) electrons. The summed E-state index contributed by atoms with van der Waals surface area (Å²) in [6.07, 6.45) is 1.08. The van der Waals surface area contributed by atoms with E-state index in [-0.39, 0.29) is 23.7 Å². The van der Waals surface area contributed by atoms with Crippen LogP contribution in [0.25, 0.3) is 0 Å². The van der Waals surface area contributed by atoms with Crippen molar-refractivity contribution < 1.29 is 4.79 Å². The van der Waals surface area contributed by atoms with Crippen LogP contribution in [-0.4, -0.2) is 70.8 Å². The highest BCUT2D eigenvalue weighted by atomic mass is 35.5. The molecule has 2 aliphatic rings. The predicted octanol–water partition coefficient (Wildman–Crippen LogP) is 1.26. The Hall–Kier alpha value is -1.11. The number of rotatable bonds is 2. The fourth-order valence-electron chi connectivity index (χ4n) is 3.47. The number of nitrogens with zero attached hydrogens (tertiary/aromatic N) is 4. The van der Waals surface area contributed by atoms with E-state index < -0.39 is 0 Å². The average Bonchev–Trinajstić information content (AvgIpc) is 3.14. The van der Waals surface area contributed by atoms with Gasteiger partial charge in [-0.2, -0.15) is 5.10 Å². The highest BCUT2D eigenvalue weighted by molar-refractivity contribution is 5.93. The zero-order valence-electron chi connectivity index (χ0n) is 15.2. The third-order valence-electron chi connectivity index (χ3n) is 4.99. The van der Waals surface area contributed by atoms with Gasteiger partial charge in [-0.05, 0) is 12.5 Å². The number of aromatic nitrogens is 2. The molecule has 0 aromatic carbocycles. The molecule has 136 valence electrons. The summed E-state index contributed by atoms with van der Waals surface area (Å²) in [6, 6.07) is 2.47. The molecule has 0 bridgehead atoms. The molecule has 6 nitrogen and oxygen atoms in total. The first-order chi connectivity index (χ1) is 10.9. The Kier molecular flexibility index (Phi) is 5.94. The Labute approximate surface area is 151 Å². The number of amides is 1. The van der Waals surface area contributed by atoms with Crippen LogP contribution in [-0.2, 0) is 12.5 Å². The highest BCUT2D eigenvalue weighted by Crippen LogP contribution is 2.23. The Balaban J connectivity index is 0.00000208. The van der Waals surface area contributed by atoms with E-state index in [0.717, 1.165) is 51.4 Å². The van der Waals surface area contributed by atoms with Crippen molar-refractivity contribution in [2.75, 3.05) is 39.3 Å². The Morgan fingerprint density at radius 3 is 2.50 bits per heavy atom. The van der Waals surface area contributed by atoms with E-state index >= 15 is 0 Å². The molecule has 1 atom stereocenters. The molecule has 1 aromatic rings. The third kappa shape index (κ3) is 3.92. The molecule has 0 spiro atoms. The number of carbonyl (C=O) groups excluding carboxylic acids is 1. The largest absolute Gasteiger partial charge is 0.336 e. The Morgan fingerprint density at radius 1 is 1.25 bits per heavy atom. The first kappa shape index (κ1) is 19.2. The van der Waals surface area contributed by atoms with Gasteiger partial charge >= 0.3 is 0 Å². The SMILES string of the molecule is Cl.Cn1nc(C(C)(C)C)cc1C(=O)N1CCC(N2CCNCC2)C1. The van der Waals surface area contributed by atoms with E-state index in [9.17, 15) is 4.79 Å². The van der Waals surface area contributed by atoms with Gasteiger partial charge in [-0.1, -0.05) is 20.8 Å². The first-order valence-corrected chi connectivity index (χ1v) is 8.65. The number of likely N-dealkylation sites (tertiary alicyclic amines) is 1. The lowest BCUT2D eigenvalue weighted by Gasteiger charge is -2.32. The van der Waals surface area contributed by atoms with Gasteiger partial charge in [0.15, 0.2) is 0 Å². The van der Waals surface area contributed by atoms with Crippen LogP contribution in [0.15, 0.2) is 6.07 Å². The molecule has 3 heterocycles. The molecule has 0 aliphatic carbocycles. The van der Waals surface area contributed by atoms with Gasteiger partial charge in [0.25, 0.3) is 5.91 Å². The summed E-state index contributed by atoms with van der Waals surface area (Å²) in [6.45, 7) is 12.4. The number of carbonyl (C=O) groups is 1. The molecule has 1 unspecified atom stereocenters. The van der Waals surface area contributed by atoms with Crippen LogP contribution < -0.4 is 5.32 Å². The molecule has 7 heteroatoms. The van der Waals surface area contributed by atoms with Crippen molar-refractivity contribution in [2.45, 2.75) is 38.6 Å². The fourth-order valence-corrected chi connectivity index (χ4v) is 3.47. The maximum atomic E-state index is 12.9. The van der Waals surface area contributed by atoms with Crippen LogP contribution >= 0.6 is 12.4 Å². The lowest BCUT2D eigenvalue weighted by molar-refractivity contribution is 0.0762. The van der Waals surface area contributed by atoms with Crippen molar-refractivity contribution in [3.05, 3.63) is 17.5 Å². The van der Waals surface area contributed by atoms with Gasteiger partial charge in [-0.25, -0.2) is 0 Å². The fraction of sp³-hybridized carbons (Fsp3) is 0.765. The number of hydrogen-bond acceptors (Lipinski definition) is 4. The second kappa shape index (κ2) is 7.42. The quantitative estimate of drug-likeness (QED) is 0.867. The molecule has 24 heavy (non-hydrogen) atoms. The number of hydrogen-bond donors (Lipinski definition) is 1. The van der Waals surface area contributed by atoms with E-state index in [1.54, 1.807) is 4.68 Å². The van der Waals surface area contributed by atoms with Gasteiger partial charge in [0.05, 0.1) is 5.69 Å². The molecule has 3 rings (SSSR count). The normalized spacial score (nSPS) is 22.5. The standard InChI is InChI=1S/C17H29N5O.ClH/c1-17(2,3)15-11-14(20(4)19-15)16(23)22-8-5-13(12-22)21-9-6-18-7-10-21;/h11,13,18H,5-10,12H2,1-4H3;1H. The monoisotopic (exact) mass is 355 g/mol. The molecule has 2 fully saturated rings. The van der Waals surface area contributed by atoms with Crippen molar-refractivity contribution in [1.82, 2.24) is 24.9 Å². The minimum Gasteiger partial charge on any atom is -0.336 e. The lowest BCUT2D eigenvalue weighted by atomic mass is 9.92. The van der Waals surface area contributed by atoms with Gasteiger partial charge in [0.1, 0.15) is 5.69 Å². The molecular formula is C17H30ClN5O. The average molecular weight is 356 g/mol. The maximum Gasteiger partial charge on any atom is 0.272 e. The first-order valence-electron chi connectivity index (χ1n) is 8.65. The number of aryl methyl sites for hydroxylation is 1. The van der Waals surface area contributed by atoms with E-state index in [4.69, 9.17) is 0 Å². The van der Waals surface area contributed by atoms with Gasteiger partial charge in [0, 0.05) is 57.8 Å².